The molecule has 3 aromatic rings. The molecule has 1 saturated carbocycles. The highest BCUT2D eigenvalue weighted by atomic mass is 35.5. The van der Waals surface area contributed by atoms with Crippen molar-refractivity contribution >= 4 is 23.5 Å². The van der Waals surface area contributed by atoms with Crippen LogP contribution in [0.25, 0.3) is 5.69 Å². The lowest BCUT2D eigenvalue weighted by molar-refractivity contribution is 0.0575. The number of anilines is 1. The predicted molar refractivity (Wildman–Crippen MR) is 126 cm³/mol. The molecule has 2 fully saturated rings. The van der Waals surface area contributed by atoms with Gasteiger partial charge in [0.05, 0.1) is 31.1 Å². The van der Waals surface area contributed by atoms with Crippen molar-refractivity contribution in [3.05, 3.63) is 58.8 Å². The maximum Gasteiger partial charge on any atom is 0.410 e. The number of carbonyl (C=O) groups is 1. The molecule has 1 amide bonds. The first-order valence-corrected chi connectivity index (χ1v) is 12.1. The Morgan fingerprint density at radius 3 is 2.77 bits per heavy atom. The van der Waals surface area contributed by atoms with Gasteiger partial charge in [-0.3, -0.25) is 9.47 Å². The van der Waals surface area contributed by atoms with E-state index < -0.39 is 11.9 Å². The van der Waals surface area contributed by atoms with Crippen LogP contribution in [0.3, 0.4) is 0 Å². The summed E-state index contributed by atoms with van der Waals surface area (Å²) < 4.78 is 21.5. The number of amides is 1. The molecule has 35 heavy (non-hydrogen) atoms. The Balaban J connectivity index is 1.28. The van der Waals surface area contributed by atoms with Gasteiger partial charge in [0, 0.05) is 29.4 Å². The minimum absolute atomic E-state index is 0.130. The Morgan fingerprint density at radius 1 is 1.26 bits per heavy atom. The average Bonchev–Trinajstić information content (AvgIpc) is 3.16. The number of hydrogen-bond donors (Lipinski definition) is 0. The Labute approximate surface area is 206 Å². The van der Waals surface area contributed by atoms with Gasteiger partial charge in [0.1, 0.15) is 12.2 Å². The number of rotatable bonds is 3. The maximum absolute atomic E-state index is 14.1. The van der Waals surface area contributed by atoms with E-state index in [0.717, 1.165) is 43.0 Å². The standard InChI is InChI=1S/C24H25ClFN7O2/c1-3-35-23(34)32-10-15-6-17(25)4-5-19(15)33-20(14(32)2)29-30-21(33)16-7-24(8-16)11-31(12-24)22-18(26)9-27-13-28-22/h4-6,9,13-14,16H,3,7-8,10-12H2,1-2H3. The first-order valence-electron chi connectivity index (χ1n) is 11.8. The first-order chi connectivity index (χ1) is 16.9. The summed E-state index contributed by atoms with van der Waals surface area (Å²) in [6, 6.07) is 5.38. The van der Waals surface area contributed by atoms with Crippen LogP contribution in [-0.2, 0) is 11.3 Å². The molecule has 6 rings (SSSR count). The zero-order chi connectivity index (χ0) is 24.3. The molecular weight excluding hydrogens is 473 g/mol. The molecule has 2 aromatic heterocycles. The number of nitrogens with zero attached hydrogens (tertiary/aromatic N) is 7. The summed E-state index contributed by atoms with van der Waals surface area (Å²) in [6.45, 7) is 5.92. The molecule has 4 heterocycles. The molecule has 9 nitrogen and oxygen atoms in total. The van der Waals surface area contributed by atoms with E-state index in [1.54, 1.807) is 11.8 Å². The number of aromatic nitrogens is 5. The van der Waals surface area contributed by atoms with Crippen LogP contribution < -0.4 is 4.90 Å². The van der Waals surface area contributed by atoms with Crippen LogP contribution in [0, 0.1) is 11.2 Å². The van der Waals surface area contributed by atoms with Crippen molar-refractivity contribution in [2.75, 3.05) is 24.6 Å². The number of fused-ring (bicyclic) bond motifs is 3. The number of hydrogen-bond acceptors (Lipinski definition) is 7. The van der Waals surface area contributed by atoms with Crippen LogP contribution in [0.2, 0.25) is 5.02 Å². The summed E-state index contributed by atoms with van der Waals surface area (Å²) in [5.41, 5.74) is 1.98. The highest BCUT2D eigenvalue weighted by Gasteiger charge is 2.55. The Kier molecular flexibility index (Phi) is 5.17. The van der Waals surface area contributed by atoms with E-state index in [0.29, 0.717) is 29.8 Å². The zero-order valence-electron chi connectivity index (χ0n) is 19.5. The van der Waals surface area contributed by atoms with Gasteiger partial charge in [-0.2, -0.15) is 0 Å². The fourth-order valence-corrected chi connectivity index (χ4v) is 5.95. The van der Waals surface area contributed by atoms with Crippen molar-refractivity contribution in [2.24, 2.45) is 5.41 Å². The molecule has 1 unspecified atom stereocenters. The Hall–Kier alpha value is -3.27. The van der Waals surface area contributed by atoms with Gasteiger partial charge < -0.3 is 9.64 Å². The second-order valence-electron chi connectivity index (χ2n) is 9.68. The van der Waals surface area contributed by atoms with Crippen molar-refractivity contribution in [1.29, 1.82) is 0 Å². The van der Waals surface area contributed by atoms with Crippen molar-refractivity contribution < 1.29 is 13.9 Å². The fraction of sp³-hybridized carbons (Fsp3) is 0.458. The third-order valence-electron chi connectivity index (χ3n) is 7.40. The minimum Gasteiger partial charge on any atom is -0.450 e. The minimum atomic E-state index is -0.392. The predicted octanol–water partition coefficient (Wildman–Crippen LogP) is 4.27. The molecule has 182 valence electrons. The third kappa shape index (κ3) is 3.53. The van der Waals surface area contributed by atoms with Crippen LogP contribution in [0.15, 0.2) is 30.7 Å². The van der Waals surface area contributed by atoms with E-state index in [1.165, 1.54) is 12.5 Å². The lowest BCUT2D eigenvalue weighted by atomic mass is 9.57. The molecule has 2 aliphatic heterocycles. The van der Waals surface area contributed by atoms with Gasteiger partial charge in [0.25, 0.3) is 0 Å². The summed E-state index contributed by atoms with van der Waals surface area (Å²) in [5.74, 6) is 1.78. The Morgan fingerprint density at radius 2 is 2.03 bits per heavy atom. The Bertz CT molecular complexity index is 1300. The maximum atomic E-state index is 14.1. The van der Waals surface area contributed by atoms with Crippen LogP contribution >= 0.6 is 11.6 Å². The highest BCUT2D eigenvalue weighted by Crippen LogP contribution is 2.57. The third-order valence-corrected chi connectivity index (χ3v) is 7.64. The van der Waals surface area contributed by atoms with E-state index in [4.69, 9.17) is 16.3 Å². The second kappa shape index (κ2) is 8.15. The van der Waals surface area contributed by atoms with Gasteiger partial charge in [-0.15, -0.1) is 10.2 Å². The van der Waals surface area contributed by atoms with Crippen molar-refractivity contribution in [2.45, 2.75) is 45.2 Å². The van der Waals surface area contributed by atoms with Crippen LogP contribution in [0.1, 0.15) is 55.9 Å². The molecule has 0 radical (unpaired) electrons. The summed E-state index contributed by atoms with van der Waals surface area (Å²) >= 11 is 6.32. The molecule has 1 atom stereocenters. The number of benzene rings is 1. The SMILES string of the molecule is CCOC(=O)N1Cc2cc(Cl)ccc2-n2c(C3CC4(C3)CN(c3ncncc3F)C4)nnc2C1C. The number of carbonyl (C=O) groups excluding carboxylic acids is 1. The summed E-state index contributed by atoms with van der Waals surface area (Å²) in [5, 5.41) is 9.73. The van der Waals surface area contributed by atoms with E-state index in [-0.39, 0.29) is 17.4 Å². The lowest BCUT2D eigenvalue weighted by Crippen LogP contribution is -2.62. The van der Waals surface area contributed by atoms with Gasteiger partial charge in [0.2, 0.25) is 0 Å². The van der Waals surface area contributed by atoms with Crippen LogP contribution in [0.4, 0.5) is 15.0 Å². The normalized spacial score (nSPS) is 20.5. The van der Waals surface area contributed by atoms with Crippen molar-refractivity contribution in [3.63, 3.8) is 0 Å². The number of ether oxygens (including phenoxy) is 1. The molecule has 3 aliphatic rings. The smallest absolute Gasteiger partial charge is 0.410 e. The molecule has 11 heteroatoms. The molecule has 1 saturated heterocycles. The van der Waals surface area contributed by atoms with Crippen LogP contribution in [-0.4, -0.2) is 55.4 Å². The summed E-state index contributed by atoms with van der Waals surface area (Å²) in [4.78, 5) is 24.2. The van der Waals surface area contributed by atoms with Gasteiger partial charge in [0.15, 0.2) is 17.5 Å². The van der Waals surface area contributed by atoms with E-state index in [1.807, 2.05) is 30.0 Å². The molecule has 1 spiro atoms. The fourth-order valence-electron chi connectivity index (χ4n) is 5.76. The molecular formula is C24H25ClFN7O2. The van der Waals surface area contributed by atoms with Gasteiger partial charge in [-0.1, -0.05) is 11.6 Å². The quantitative estimate of drug-likeness (QED) is 0.534. The lowest BCUT2D eigenvalue weighted by Gasteiger charge is -2.59. The van der Waals surface area contributed by atoms with Crippen molar-refractivity contribution in [3.8, 4) is 5.69 Å². The average molecular weight is 498 g/mol. The number of halogens is 2. The zero-order valence-corrected chi connectivity index (χ0v) is 20.2. The highest BCUT2D eigenvalue weighted by molar-refractivity contribution is 6.30. The summed E-state index contributed by atoms with van der Waals surface area (Å²) in [6.07, 6.45) is 4.06. The molecule has 1 aromatic carbocycles. The largest absolute Gasteiger partial charge is 0.450 e. The van der Waals surface area contributed by atoms with E-state index >= 15 is 0 Å². The second-order valence-corrected chi connectivity index (χ2v) is 10.1. The van der Waals surface area contributed by atoms with E-state index in [2.05, 4.69) is 24.7 Å². The van der Waals surface area contributed by atoms with Crippen LogP contribution in [0.5, 0.6) is 0 Å². The molecule has 0 N–H and O–H groups in total. The topological polar surface area (TPSA) is 89.3 Å². The van der Waals surface area contributed by atoms with Gasteiger partial charge in [-0.25, -0.2) is 19.2 Å². The molecule has 1 aliphatic carbocycles. The first kappa shape index (κ1) is 22.2. The van der Waals surface area contributed by atoms with Gasteiger partial charge in [-0.05, 0) is 50.5 Å². The van der Waals surface area contributed by atoms with Gasteiger partial charge >= 0.3 is 6.09 Å². The molecule has 0 bridgehead atoms. The van der Waals surface area contributed by atoms with E-state index in [9.17, 15) is 9.18 Å². The summed E-state index contributed by atoms with van der Waals surface area (Å²) in [7, 11) is 0. The monoisotopic (exact) mass is 497 g/mol. The van der Waals surface area contributed by atoms with Crippen molar-refractivity contribution in [1.82, 2.24) is 29.6 Å².